The molecule has 31 heavy (non-hydrogen) atoms. The van der Waals surface area contributed by atoms with Crippen molar-refractivity contribution in [2.45, 2.75) is 31.7 Å². The normalized spacial score (nSPS) is 12.3. The lowest BCUT2D eigenvalue weighted by Gasteiger charge is -2.15. The molecular weight excluding hydrogens is 380 g/mol. The highest BCUT2D eigenvalue weighted by Gasteiger charge is 2.25. The number of anilines is 1. The average Bonchev–Trinajstić information content (AvgIpc) is 3.66. The van der Waals surface area contributed by atoms with E-state index in [4.69, 9.17) is 0 Å². The molecule has 4 nitrogen and oxygen atoms in total. The van der Waals surface area contributed by atoms with Gasteiger partial charge in [0, 0.05) is 18.4 Å². The summed E-state index contributed by atoms with van der Waals surface area (Å²) < 4.78 is 0. The second-order valence-electron chi connectivity index (χ2n) is 7.60. The molecule has 1 fully saturated rings. The van der Waals surface area contributed by atoms with Crippen molar-refractivity contribution in [3.63, 3.8) is 0 Å². The van der Waals surface area contributed by atoms with Gasteiger partial charge in [0.25, 0.3) is 0 Å². The van der Waals surface area contributed by atoms with Gasteiger partial charge in [-0.15, -0.1) is 0 Å². The Hall–Kier alpha value is -3.37. The van der Waals surface area contributed by atoms with Gasteiger partial charge in [0.05, 0.1) is 11.5 Å². The summed E-state index contributed by atoms with van der Waals surface area (Å²) in [5.74, 6) is 1.54. The van der Waals surface area contributed by atoms with Gasteiger partial charge in [-0.05, 0) is 78.8 Å². The van der Waals surface area contributed by atoms with Crippen LogP contribution in [0.25, 0.3) is 6.08 Å². The molecule has 3 aromatic rings. The van der Waals surface area contributed by atoms with Crippen LogP contribution < -0.4 is 16.4 Å². The van der Waals surface area contributed by atoms with Crippen molar-refractivity contribution in [3.8, 4) is 0 Å². The molecule has 4 N–H and O–H groups in total. The molecule has 4 heteroatoms. The number of nitrogens with two attached hydrogens (primary N) is 1. The van der Waals surface area contributed by atoms with E-state index >= 15 is 0 Å². The van der Waals surface area contributed by atoms with Crippen LogP contribution in [0.3, 0.4) is 0 Å². The van der Waals surface area contributed by atoms with Crippen molar-refractivity contribution in [3.05, 3.63) is 114 Å². The lowest BCUT2D eigenvalue weighted by atomic mass is 10.0. The van der Waals surface area contributed by atoms with E-state index < -0.39 is 0 Å². The molecule has 0 amide bonds. The van der Waals surface area contributed by atoms with Crippen molar-refractivity contribution in [1.82, 2.24) is 10.3 Å². The minimum absolute atomic E-state index is 0.710. The standard InChI is InChI=1S/C26H27N3.CH5N/c1-3-24-17-22(14-15-27-24)16-20-8-10-21(11-9-20)18-28-19(2)29-26-7-5-4-6-25(26)23-12-13-23;1-2/h3-11,14-15,17,23,28-29H,1-2,12-13,16,18H2;2H2,1H3. The van der Waals surface area contributed by atoms with Crippen molar-refractivity contribution >= 4 is 11.8 Å². The number of para-hydroxylation sites is 1. The van der Waals surface area contributed by atoms with Crippen molar-refractivity contribution in [2.24, 2.45) is 5.73 Å². The quantitative estimate of drug-likeness (QED) is 0.438. The molecular formula is C27H32N4. The number of nitrogens with zero attached hydrogens (tertiary/aromatic N) is 1. The first-order valence-corrected chi connectivity index (χ1v) is 10.7. The molecule has 2 aromatic carbocycles. The molecule has 0 unspecified atom stereocenters. The number of pyridine rings is 1. The summed E-state index contributed by atoms with van der Waals surface area (Å²) in [4.78, 5) is 4.26. The fourth-order valence-corrected chi connectivity index (χ4v) is 3.50. The number of hydrogen-bond donors (Lipinski definition) is 3. The van der Waals surface area contributed by atoms with E-state index in [-0.39, 0.29) is 0 Å². The molecule has 0 aliphatic heterocycles. The molecule has 1 aliphatic carbocycles. The van der Waals surface area contributed by atoms with Crippen LogP contribution >= 0.6 is 0 Å². The fourth-order valence-electron chi connectivity index (χ4n) is 3.50. The zero-order valence-corrected chi connectivity index (χ0v) is 18.3. The van der Waals surface area contributed by atoms with E-state index in [2.05, 4.69) is 95.2 Å². The number of hydrogen-bond acceptors (Lipinski definition) is 4. The van der Waals surface area contributed by atoms with E-state index in [1.54, 1.807) is 6.08 Å². The lowest BCUT2D eigenvalue weighted by Crippen LogP contribution is -2.18. The van der Waals surface area contributed by atoms with E-state index in [0.717, 1.165) is 24.5 Å². The molecule has 0 spiro atoms. The maximum absolute atomic E-state index is 4.50. The minimum atomic E-state index is 0.710. The van der Waals surface area contributed by atoms with Gasteiger partial charge in [-0.25, -0.2) is 0 Å². The third-order valence-corrected chi connectivity index (χ3v) is 5.26. The Morgan fingerprint density at radius 2 is 1.74 bits per heavy atom. The summed E-state index contributed by atoms with van der Waals surface area (Å²) in [5.41, 5.74) is 11.7. The maximum atomic E-state index is 4.50. The summed E-state index contributed by atoms with van der Waals surface area (Å²) in [6.45, 7) is 8.67. The molecule has 0 atom stereocenters. The van der Waals surface area contributed by atoms with E-state index in [9.17, 15) is 0 Å². The monoisotopic (exact) mass is 412 g/mol. The van der Waals surface area contributed by atoms with E-state index in [1.165, 1.54) is 47.8 Å². The second-order valence-corrected chi connectivity index (χ2v) is 7.60. The van der Waals surface area contributed by atoms with E-state index in [1.807, 2.05) is 6.20 Å². The topological polar surface area (TPSA) is 63.0 Å². The van der Waals surface area contributed by atoms with Crippen LogP contribution in [-0.2, 0) is 13.0 Å². The lowest BCUT2D eigenvalue weighted by molar-refractivity contribution is 0.819. The van der Waals surface area contributed by atoms with Gasteiger partial charge in [0.2, 0.25) is 0 Å². The van der Waals surface area contributed by atoms with Crippen LogP contribution in [0.2, 0.25) is 0 Å². The molecule has 0 bridgehead atoms. The number of benzene rings is 2. The van der Waals surface area contributed by atoms with Crippen molar-refractivity contribution in [2.75, 3.05) is 12.4 Å². The number of aromatic nitrogens is 1. The van der Waals surface area contributed by atoms with Gasteiger partial charge in [-0.2, -0.15) is 0 Å². The van der Waals surface area contributed by atoms with Gasteiger partial charge >= 0.3 is 0 Å². The number of nitrogens with one attached hydrogen (secondary N) is 2. The number of rotatable bonds is 9. The van der Waals surface area contributed by atoms with Crippen LogP contribution in [0.5, 0.6) is 0 Å². The zero-order valence-electron chi connectivity index (χ0n) is 18.3. The first-order chi connectivity index (χ1) is 15.2. The summed E-state index contributed by atoms with van der Waals surface area (Å²) in [5, 5.41) is 6.83. The van der Waals surface area contributed by atoms with Gasteiger partial charge < -0.3 is 16.4 Å². The van der Waals surface area contributed by atoms with Gasteiger partial charge in [-0.1, -0.05) is 55.6 Å². The first-order valence-electron chi connectivity index (χ1n) is 10.7. The van der Waals surface area contributed by atoms with Gasteiger partial charge in [0.15, 0.2) is 0 Å². The SMILES string of the molecule is C=Cc1cc(Cc2ccc(CNC(=C)Nc3ccccc3C3CC3)cc2)ccn1.CN. The predicted octanol–water partition coefficient (Wildman–Crippen LogP) is 5.44. The fraction of sp³-hybridized carbons (Fsp3) is 0.222. The van der Waals surface area contributed by atoms with Crippen molar-refractivity contribution < 1.29 is 0 Å². The Balaban J connectivity index is 0.00000132. The van der Waals surface area contributed by atoms with Crippen LogP contribution in [-0.4, -0.2) is 12.0 Å². The summed E-state index contributed by atoms with van der Waals surface area (Å²) in [6, 6.07) is 21.4. The molecule has 1 aliphatic rings. The highest BCUT2D eigenvalue weighted by molar-refractivity contribution is 5.56. The smallest absolute Gasteiger partial charge is 0.0959 e. The Morgan fingerprint density at radius 3 is 2.45 bits per heavy atom. The Kier molecular flexibility index (Phi) is 8.02. The van der Waals surface area contributed by atoms with Crippen LogP contribution in [0, 0.1) is 0 Å². The Bertz CT molecular complexity index is 1000. The third kappa shape index (κ3) is 6.56. The molecule has 1 aromatic heterocycles. The first kappa shape index (κ1) is 22.3. The van der Waals surface area contributed by atoms with Crippen LogP contribution in [0.4, 0.5) is 5.69 Å². The second kappa shape index (κ2) is 11.1. The van der Waals surface area contributed by atoms with Crippen molar-refractivity contribution in [1.29, 1.82) is 0 Å². The van der Waals surface area contributed by atoms with Crippen LogP contribution in [0.1, 0.15) is 46.7 Å². The summed E-state index contributed by atoms with van der Waals surface area (Å²) in [7, 11) is 1.50. The Morgan fingerprint density at radius 1 is 1.03 bits per heavy atom. The molecule has 0 radical (unpaired) electrons. The molecule has 4 rings (SSSR count). The highest BCUT2D eigenvalue weighted by atomic mass is 15.1. The Labute approximate surface area is 185 Å². The molecule has 0 saturated heterocycles. The maximum Gasteiger partial charge on any atom is 0.0959 e. The summed E-state index contributed by atoms with van der Waals surface area (Å²) in [6.07, 6.45) is 7.09. The highest BCUT2D eigenvalue weighted by Crippen LogP contribution is 2.43. The van der Waals surface area contributed by atoms with Gasteiger partial charge in [-0.3, -0.25) is 4.98 Å². The zero-order chi connectivity index (χ0) is 22.1. The van der Waals surface area contributed by atoms with E-state index in [0.29, 0.717) is 5.92 Å². The largest absolute Gasteiger partial charge is 0.368 e. The van der Waals surface area contributed by atoms with Gasteiger partial charge in [0.1, 0.15) is 0 Å². The predicted molar refractivity (Wildman–Crippen MR) is 132 cm³/mol. The molecule has 1 heterocycles. The summed E-state index contributed by atoms with van der Waals surface area (Å²) >= 11 is 0. The minimum Gasteiger partial charge on any atom is -0.368 e. The average molecular weight is 413 g/mol. The molecule has 1 saturated carbocycles. The molecule has 160 valence electrons. The van der Waals surface area contributed by atoms with Crippen LogP contribution in [0.15, 0.2) is 85.8 Å². The third-order valence-electron chi connectivity index (χ3n) is 5.26.